The second kappa shape index (κ2) is 6.06. The summed E-state index contributed by atoms with van der Waals surface area (Å²) in [5, 5.41) is 0. The first-order chi connectivity index (χ1) is 10.2. The summed E-state index contributed by atoms with van der Waals surface area (Å²) >= 11 is 0. The van der Waals surface area contributed by atoms with Gasteiger partial charge in [0.1, 0.15) is 5.75 Å². The van der Waals surface area contributed by atoms with Crippen molar-refractivity contribution < 1.29 is 9.53 Å². The normalized spacial score (nSPS) is 23.1. The molecule has 1 atom stereocenters. The third kappa shape index (κ3) is 3.38. The second-order valence-corrected chi connectivity index (χ2v) is 6.24. The van der Waals surface area contributed by atoms with Crippen molar-refractivity contribution in [2.45, 2.75) is 32.4 Å². The van der Waals surface area contributed by atoms with Crippen molar-refractivity contribution in [2.75, 3.05) is 26.7 Å². The van der Waals surface area contributed by atoms with E-state index in [0.29, 0.717) is 17.9 Å². The molecule has 1 heterocycles. The van der Waals surface area contributed by atoms with Crippen LogP contribution in [0.15, 0.2) is 24.3 Å². The molecule has 0 N–H and O–H groups in total. The molecular formula is C17H24N2O2. The number of benzene rings is 1. The summed E-state index contributed by atoms with van der Waals surface area (Å²) in [4.78, 5) is 16.7. The molecule has 0 spiro atoms. The van der Waals surface area contributed by atoms with E-state index in [0.717, 1.165) is 44.8 Å². The molecule has 0 unspecified atom stereocenters. The minimum atomic E-state index is 0.317. The summed E-state index contributed by atoms with van der Waals surface area (Å²) in [7, 11) is 1.70. The quantitative estimate of drug-likeness (QED) is 0.851. The van der Waals surface area contributed by atoms with Gasteiger partial charge in [-0.3, -0.25) is 9.69 Å². The highest BCUT2D eigenvalue weighted by Gasteiger charge is 2.37. The third-order valence-electron chi connectivity index (χ3n) is 4.46. The van der Waals surface area contributed by atoms with Crippen LogP contribution in [-0.2, 0) is 11.3 Å². The summed E-state index contributed by atoms with van der Waals surface area (Å²) < 4.78 is 5.28. The molecule has 1 aromatic rings. The van der Waals surface area contributed by atoms with E-state index in [9.17, 15) is 4.79 Å². The Hall–Kier alpha value is -1.55. The van der Waals surface area contributed by atoms with Crippen LogP contribution < -0.4 is 4.74 Å². The zero-order valence-electron chi connectivity index (χ0n) is 12.9. The fourth-order valence-electron chi connectivity index (χ4n) is 3.10. The molecule has 21 heavy (non-hydrogen) atoms. The lowest BCUT2D eigenvalue weighted by atomic mass is 10.1. The van der Waals surface area contributed by atoms with E-state index in [1.807, 2.05) is 12.1 Å². The van der Waals surface area contributed by atoms with Gasteiger partial charge in [-0.25, -0.2) is 0 Å². The number of hydrogen-bond donors (Lipinski definition) is 0. The van der Waals surface area contributed by atoms with Gasteiger partial charge in [-0.2, -0.15) is 0 Å². The molecule has 4 nitrogen and oxygen atoms in total. The van der Waals surface area contributed by atoms with E-state index in [1.165, 1.54) is 5.56 Å². The number of nitrogens with zero attached hydrogens (tertiary/aromatic N) is 2. The molecule has 1 aliphatic carbocycles. The van der Waals surface area contributed by atoms with Crippen molar-refractivity contribution in [3.8, 4) is 5.75 Å². The van der Waals surface area contributed by atoms with Crippen molar-refractivity contribution in [2.24, 2.45) is 5.92 Å². The molecule has 114 valence electrons. The second-order valence-electron chi connectivity index (χ2n) is 6.24. The van der Waals surface area contributed by atoms with E-state index in [2.05, 4.69) is 28.9 Å². The zero-order valence-corrected chi connectivity index (χ0v) is 12.9. The predicted molar refractivity (Wildman–Crippen MR) is 82.2 cm³/mol. The smallest absolute Gasteiger partial charge is 0.226 e. The lowest BCUT2D eigenvalue weighted by Crippen LogP contribution is -2.54. The SMILES string of the molecule is COc1cccc(CN2CCN(C(=O)C3CC3)[C@@H](C)C2)c1. The van der Waals surface area contributed by atoms with Gasteiger partial charge in [-0.15, -0.1) is 0 Å². The Labute approximate surface area is 126 Å². The Balaban J connectivity index is 1.57. The van der Waals surface area contributed by atoms with Gasteiger partial charge in [0.2, 0.25) is 5.91 Å². The number of rotatable bonds is 4. The fourth-order valence-corrected chi connectivity index (χ4v) is 3.10. The van der Waals surface area contributed by atoms with Crippen LogP contribution in [0, 0.1) is 5.92 Å². The number of carbonyl (C=O) groups excluding carboxylic acids is 1. The van der Waals surface area contributed by atoms with Crippen molar-refractivity contribution >= 4 is 5.91 Å². The van der Waals surface area contributed by atoms with E-state index < -0.39 is 0 Å². The van der Waals surface area contributed by atoms with Gasteiger partial charge >= 0.3 is 0 Å². The topological polar surface area (TPSA) is 32.8 Å². The van der Waals surface area contributed by atoms with Gasteiger partial charge in [0, 0.05) is 38.1 Å². The maximum Gasteiger partial charge on any atom is 0.226 e. The van der Waals surface area contributed by atoms with Crippen molar-refractivity contribution in [3.63, 3.8) is 0 Å². The molecule has 0 aromatic heterocycles. The summed E-state index contributed by atoms with van der Waals surface area (Å²) in [6.45, 7) is 5.86. The van der Waals surface area contributed by atoms with Crippen LogP contribution in [0.1, 0.15) is 25.3 Å². The van der Waals surface area contributed by atoms with Gasteiger partial charge in [0.25, 0.3) is 0 Å². The van der Waals surface area contributed by atoms with Crippen LogP contribution in [0.5, 0.6) is 5.75 Å². The molecule has 1 aliphatic heterocycles. The van der Waals surface area contributed by atoms with Gasteiger partial charge in [0.15, 0.2) is 0 Å². The van der Waals surface area contributed by atoms with E-state index in [-0.39, 0.29) is 0 Å². The molecule has 4 heteroatoms. The summed E-state index contributed by atoms with van der Waals surface area (Å²) in [5.74, 6) is 1.61. The van der Waals surface area contributed by atoms with Gasteiger partial charge in [-0.1, -0.05) is 12.1 Å². The van der Waals surface area contributed by atoms with Crippen LogP contribution in [-0.4, -0.2) is 48.5 Å². The molecule has 2 fully saturated rings. The standard InChI is InChI=1S/C17H24N2O2/c1-13-11-18(8-9-19(13)17(20)15-6-7-15)12-14-4-3-5-16(10-14)21-2/h3-5,10,13,15H,6-9,11-12H2,1-2H3/t13-/m0/s1. The van der Waals surface area contributed by atoms with Gasteiger partial charge < -0.3 is 9.64 Å². The van der Waals surface area contributed by atoms with Crippen LogP contribution >= 0.6 is 0 Å². The number of amides is 1. The van der Waals surface area contributed by atoms with Gasteiger partial charge in [-0.05, 0) is 37.5 Å². The van der Waals surface area contributed by atoms with E-state index >= 15 is 0 Å². The highest BCUT2D eigenvalue weighted by atomic mass is 16.5. The zero-order chi connectivity index (χ0) is 14.8. The highest BCUT2D eigenvalue weighted by molar-refractivity contribution is 5.81. The Morgan fingerprint density at radius 3 is 2.81 bits per heavy atom. The van der Waals surface area contributed by atoms with Crippen LogP contribution in [0.3, 0.4) is 0 Å². The largest absolute Gasteiger partial charge is 0.497 e. The minimum absolute atomic E-state index is 0.317. The number of methoxy groups -OCH3 is 1. The number of hydrogen-bond acceptors (Lipinski definition) is 3. The van der Waals surface area contributed by atoms with Crippen LogP contribution in [0.2, 0.25) is 0 Å². The molecule has 1 saturated heterocycles. The molecule has 1 amide bonds. The van der Waals surface area contributed by atoms with Crippen LogP contribution in [0.25, 0.3) is 0 Å². The Kier molecular flexibility index (Phi) is 4.15. The minimum Gasteiger partial charge on any atom is -0.497 e. The summed E-state index contributed by atoms with van der Waals surface area (Å²) in [5.41, 5.74) is 1.27. The van der Waals surface area contributed by atoms with Crippen molar-refractivity contribution in [1.29, 1.82) is 0 Å². The van der Waals surface area contributed by atoms with E-state index in [1.54, 1.807) is 7.11 Å². The van der Waals surface area contributed by atoms with Crippen molar-refractivity contribution in [3.05, 3.63) is 29.8 Å². The average Bonchev–Trinajstić information content (AvgIpc) is 3.32. The Bertz CT molecular complexity index is 513. The van der Waals surface area contributed by atoms with Gasteiger partial charge in [0.05, 0.1) is 7.11 Å². The Morgan fingerprint density at radius 2 is 2.14 bits per heavy atom. The monoisotopic (exact) mass is 288 g/mol. The Morgan fingerprint density at radius 1 is 1.33 bits per heavy atom. The number of piperazine rings is 1. The first kappa shape index (κ1) is 14.4. The third-order valence-corrected chi connectivity index (χ3v) is 4.46. The van der Waals surface area contributed by atoms with Crippen LogP contribution in [0.4, 0.5) is 0 Å². The highest BCUT2D eigenvalue weighted by Crippen LogP contribution is 2.32. The molecule has 3 rings (SSSR count). The molecular weight excluding hydrogens is 264 g/mol. The number of ether oxygens (including phenoxy) is 1. The number of carbonyl (C=O) groups is 1. The molecule has 0 radical (unpaired) electrons. The maximum absolute atomic E-state index is 12.2. The fraction of sp³-hybridized carbons (Fsp3) is 0.588. The predicted octanol–water partition coefficient (Wildman–Crippen LogP) is 2.14. The maximum atomic E-state index is 12.2. The summed E-state index contributed by atoms with van der Waals surface area (Å²) in [6.07, 6.45) is 2.19. The summed E-state index contributed by atoms with van der Waals surface area (Å²) in [6, 6.07) is 8.54. The lowest BCUT2D eigenvalue weighted by molar-refractivity contribution is -0.137. The first-order valence-corrected chi connectivity index (χ1v) is 7.83. The molecule has 0 bridgehead atoms. The van der Waals surface area contributed by atoms with E-state index in [4.69, 9.17) is 4.74 Å². The average molecular weight is 288 g/mol. The molecule has 1 aromatic carbocycles. The van der Waals surface area contributed by atoms with Crippen molar-refractivity contribution in [1.82, 2.24) is 9.80 Å². The first-order valence-electron chi connectivity index (χ1n) is 7.83. The molecule has 2 aliphatic rings. The molecule has 1 saturated carbocycles. The lowest BCUT2D eigenvalue weighted by Gasteiger charge is -2.40.